The first kappa shape index (κ1) is 14.1. The zero-order chi connectivity index (χ0) is 13.9. The third kappa shape index (κ3) is 3.35. The van der Waals surface area contributed by atoms with Gasteiger partial charge in [0.15, 0.2) is 0 Å². The molecule has 0 spiro atoms. The van der Waals surface area contributed by atoms with Gasteiger partial charge in [0, 0.05) is 11.1 Å². The Hall–Kier alpha value is -1.35. The van der Waals surface area contributed by atoms with Crippen molar-refractivity contribution in [2.24, 2.45) is 5.73 Å². The SMILES string of the molecule is CC1(NS(=O)(=O)c2ccc(C#CCN)cc2)CCC1. The molecule has 3 N–H and O–H groups in total. The maximum atomic E-state index is 12.2. The second kappa shape index (κ2) is 5.33. The summed E-state index contributed by atoms with van der Waals surface area (Å²) < 4.78 is 27.2. The first-order chi connectivity index (χ1) is 8.95. The van der Waals surface area contributed by atoms with Crippen LogP contribution in [0.25, 0.3) is 0 Å². The molecular formula is C14H18N2O2S. The maximum Gasteiger partial charge on any atom is 0.241 e. The fourth-order valence-corrected chi connectivity index (χ4v) is 3.53. The van der Waals surface area contributed by atoms with Crippen LogP contribution in [-0.2, 0) is 10.0 Å². The topological polar surface area (TPSA) is 72.2 Å². The number of sulfonamides is 1. The molecule has 102 valence electrons. The van der Waals surface area contributed by atoms with E-state index in [9.17, 15) is 8.42 Å². The Kier molecular flexibility index (Phi) is 3.95. The predicted octanol–water partition coefficient (Wildman–Crippen LogP) is 1.22. The molecule has 4 nitrogen and oxygen atoms in total. The van der Waals surface area contributed by atoms with Gasteiger partial charge in [0.2, 0.25) is 10.0 Å². The van der Waals surface area contributed by atoms with Crippen LogP contribution in [0.5, 0.6) is 0 Å². The van der Waals surface area contributed by atoms with Crippen LogP contribution in [0.15, 0.2) is 29.2 Å². The van der Waals surface area contributed by atoms with Crippen LogP contribution in [-0.4, -0.2) is 20.5 Å². The van der Waals surface area contributed by atoms with Gasteiger partial charge in [-0.05, 0) is 50.5 Å². The molecule has 0 unspecified atom stereocenters. The number of benzene rings is 1. The first-order valence-electron chi connectivity index (χ1n) is 6.28. The summed E-state index contributed by atoms with van der Waals surface area (Å²) in [6.07, 6.45) is 2.87. The lowest BCUT2D eigenvalue weighted by molar-refractivity contribution is 0.248. The van der Waals surface area contributed by atoms with Crippen molar-refractivity contribution >= 4 is 10.0 Å². The normalized spacial score (nSPS) is 17.2. The second-order valence-electron chi connectivity index (χ2n) is 5.05. The Morgan fingerprint density at radius 2 is 1.95 bits per heavy atom. The highest BCUT2D eigenvalue weighted by atomic mass is 32.2. The quantitative estimate of drug-likeness (QED) is 0.817. The van der Waals surface area contributed by atoms with Crippen LogP contribution < -0.4 is 10.5 Å². The van der Waals surface area contributed by atoms with Crippen molar-refractivity contribution < 1.29 is 8.42 Å². The highest BCUT2D eigenvalue weighted by Crippen LogP contribution is 2.32. The number of hydrogen-bond donors (Lipinski definition) is 2. The Morgan fingerprint density at radius 1 is 1.32 bits per heavy atom. The smallest absolute Gasteiger partial charge is 0.241 e. The molecule has 1 fully saturated rings. The van der Waals surface area contributed by atoms with Crippen molar-refractivity contribution in [3.63, 3.8) is 0 Å². The lowest BCUT2D eigenvalue weighted by Crippen LogP contribution is -2.50. The molecule has 0 radical (unpaired) electrons. The van der Waals surface area contributed by atoms with E-state index in [4.69, 9.17) is 5.73 Å². The van der Waals surface area contributed by atoms with Crippen molar-refractivity contribution in [1.29, 1.82) is 0 Å². The summed E-state index contributed by atoms with van der Waals surface area (Å²) in [4.78, 5) is 0.277. The number of nitrogens with one attached hydrogen (secondary N) is 1. The summed E-state index contributed by atoms with van der Waals surface area (Å²) in [5.74, 6) is 5.60. The molecule has 1 aliphatic rings. The molecule has 1 aliphatic carbocycles. The van der Waals surface area contributed by atoms with Crippen molar-refractivity contribution in [1.82, 2.24) is 4.72 Å². The van der Waals surface area contributed by atoms with Crippen molar-refractivity contribution in [2.75, 3.05) is 6.54 Å². The highest BCUT2D eigenvalue weighted by molar-refractivity contribution is 7.89. The Morgan fingerprint density at radius 3 is 2.42 bits per heavy atom. The van der Waals surface area contributed by atoms with E-state index < -0.39 is 10.0 Å². The molecular weight excluding hydrogens is 260 g/mol. The van der Waals surface area contributed by atoms with Crippen LogP contribution in [0.3, 0.4) is 0 Å². The summed E-state index contributed by atoms with van der Waals surface area (Å²) in [7, 11) is -3.44. The highest BCUT2D eigenvalue weighted by Gasteiger charge is 2.36. The molecule has 5 heteroatoms. The molecule has 0 heterocycles. The average Bonchev–Trinajstić information content (AvgIpc) is 2.34. The molecule has 1 aromatic rings. The van der Waals surface area contributed by atoms with Crippen LogP contribution in [0.1, 0.15) is 31.7 Å². The monoisotopic (exact) mass is 278 g/mol. The van der Waals surface area contributed by atoms with Gasteiger partial charge in [-0.25, -0.2) is 13.1 Å². The Labute approximate surface area is 114 Å². The third-order valence-corrected chi connectivity index (χ3v) is 4.99. The van der Waals surface area contributed by atoms with Crippen molar-refractivity contribution in [3.05, 3.63) is 29.8 Å². The third-order valence-electron chi connectivity index (χ3n) is 3.34. The predicted molar refractivity (Wildman–Crippen MR) is 75.0 cm³/mol. The molecule has 0 amide bonds. The summed E-state index contributed by atoms with van der Waals surface area (Å²) in [6.45, 7) is 2.23. The van der Waals surface area contributed by atoms with Gasteiger partial charge in [-0.1, -0.05) is 11.8 Å². The molecule has 1 aromatic carbocycles. The van der Waals surface area contributed by atoms with Crippen molar-refractivity contribution in [2.45, 2.75) is 36.6 Å². The summed E-state index contributed by atoms with van der Waals surface area (Å²) in [6, 6.07) is 6.54. The van der Waals surface area contributed by atoms with E-state index >= 15 is 0 Å². The van der Waals surface area contributed by atoms with E-state index in [1.165, 1.54) is 0 Å². The largest absolute Gasteiger partial charge is 0.320 e. The summed E-state index contributed by atoms with van der Waals surface area (Å²) >= 11 is 0. The van der Waals surface area contributed by atoms with Gasteiger partial charge in [0.1, 0.15) is 0 Å². The van der Waals surface area contributed by atoms with Crippen LogP contribution in [0, 0.1) is 11.8 Å². The number of rotatable bonds is 3. The second-order valence-corrected chi connectivity index (χ2v) is 6.73. The summed E-state index contributed by atoms with van der Waals surface area (Å²) in [5.41, 5.74) is 5.77. The van der Waals surface area contributed by atoms with Gasteiger partial charge in [0.05, 0.1) is 11.4 Å². The molecule has 0 aliphatic heterocycles. The van der Waals surface area contributed by atoms with Gasteiger partial charge >= 0.3 is 0 Å². The number of nitrogens with two attached hydrogens (primary N) is 1. The fourth-order valence-electron chi connectivity index (χ4n) is 2.06. The van der Waals surface area contributed by atoms with Crippen LogP contribution in [0.4, 0.5) is 0 Å². The maximum absolute atomic E-state index is 12.2. The molecule has 0 aromatic heterocycles. The van der Waals surface area contributed by atoms with E-state index in [-0.39, 0.29) is 10.4 Å². The molecule has 0 bridgehead atoms. The molecule has 2 rings (SSSR count). The van der Waals surface area contributed by atoms with Gasteiger partial charge in [0.25, 0.3) is 0 Å². The Bertz CT molecular complexity index is 605. The minimum Gasteiger partial charge on any atom is -0.320 e. The fraction of sp³-hybridized carbons (Fsp3) is 0.429. The zero-order valence-electron chi connectivity index (χ0n) is 10.9. The van der Waals surface area contributed by atoms with Gasteiger partial charge in [-0.3, -0.25) is 0 Å². The van der Waals surface area contributed by atoms with Gasteiger partial charge in [-0.15, -0.1) is 0 Å². The van der Waals surface area contributed by atoms with E-state index in [0.29, 0.717) is 6.54 Å². The zero-order valence-corrected chi connectivity index (χ0v) is 11.8. The number of hydrogen-bond acceptors (Lipinski definition) is 3. The summed E-state index contributed by atoms with van der Waals surface area (Å²) in [5, 5.41) is 0. The Balaban J connectivity index is 2.16. The van der Waals surface area contributed by atoms with E-state index in [1.807, 2.05) is 6.92 Å². The molecule has 1 saturated carbocycles. The first-order valence-corrected chi connectivity index (χ1v) is 7.77. The standard InChI is InChI=1S/C14H18N2O2S/c1-14(9-3-10-14)16-19(17,18)13-7-5-12(6-8-13)4-2-11-15/h5-8,16H,3,9-11,15H2,1H3. The lowest BCUT2D eigenvalue weighted by atomic mass is 9.80. The van der Waals surface area contributed by atoms with Crippen molar-refractivity contribution in [3.8, 4) is 11.8 Å². The minimum absolute atomic E-state index is 0.277. The van der Waals surface area contributed by atoms with E-state index in [2.05, 4.69) is 16.6 Å². The molecule has 19 heavy (non-hydrogen) atoms. The van der Waals surface area contributed by atoms with E-state index in [1.54, 1.807) is 24.3 Å². The lowest BCUT2D eigenvalue weighted by Gasteiger charge is -2.38. The van der Waals surface area contributed by atoms with E-state index in [0.717, 1.165) is 24.8 Å². The minimum atomic E-state index is -3.44. The molecule has 0 saturated heterocycles. The van der Waals surface area contributed by atoms with Crippen LogP contribution >= 0.6 is 0 Å². The molecule has 0 atom stereocenters. The van der Waals surface area contributed by atoms with Gasteiger partial charge < -0.3 is 5.73 Å². The van der Waals surface area contributed by atoms with Crippen LogP contribution in [0.2, 0.25) is 0 Å². The average molecular weight is 278 g/mol. The van der Waals surface area contributed by atoms with Gasteiger partial charge in [-0.2, -0.15) is 0 Å².